The zero-order valence-corrected chi connectivity index (χ0v) is 11.3. The number of carbonyl (C=O) groups is 1. The van der Waals surface area contributed by atoms with Gasteiger partial charge in [0.05, 0.1) is 24.2 Å². The summed E-state index contributed by atoms with van der Waals surface area (Å²) in [5.41, 5.74) is 0. The minimum absolute atomic E-state index is 0.0167. The van der Waals surface area contributed by atoms with E-state index in [-0.39, 0.29) is 18.0 Å². The lowest BCUT2D eigenvalue weighted by Gasteiger charge is -2.17. The van der Waals surface area contributed by atoms with Crippen molar-refractivity contribution in [1.29, 1.82) is 0 Å². The standard InChI is InChI=1S/C14H23NO4/c16-14(12-8-10-3-4-13(12)19-10)18-7-5-15-9-11-2-1-6-17-11/h10-13,15H,1-9H2. The van der Waals surface area contributed by atoms with Gasteiger partial charge in [-0.2, -0.15) is 0 Å². The number of carbonyl (C=O) groups excluding carboxylic acids is 1. The van der Waals surface area contributed by atoms with Crippen molar-refractivity contribution in [1.82, 2.24) is 5.32 Å². The van der Waals surface area contributed by atoms with Gasteiger partial charge in [-0.1, -0.05) is 0 Å². The highest BCUT2D eigenvalue weighted by Gasteiger charge is 2.45. The summed E-state index contributed by atoms with van der Waals surface area (Å²) >= 11 is 0. The molecule has 0 aromatic carbocycles. The number of rotatable bonds is 6. The number of nitrogens with one attached hydrogen (secondary N) is 1. The van der Waals surface area contributed by atoms with Gasteiger partial charge in [-0.3, -0.25) is 4.79 Å². The number of hydrogen-bond acceptors (Lipinski definition) is 5. The topological polar surface area (TPSA) is 56.8 Å². The van der Waals surface area contributed by atoms with Crippen LogP contribution < -0.4 is 5.32 Å². The van der Waals surface area contributed by atoms with Gasteiger partial charge in [0.25, 0.3) is 0 Å². The zero-order chi connectivity index (χ0) is 13.1. The molecule has 3 fully saturated rings. The van der Waals surface area contributed by atoms with Crippen molar-refractivity contribution in [2.75, 3.05) is 26.3 Å². The summed E-state index contributed by atoms with van der Waals surface area (Å²) in [5, 5.41) is 3.27. The third kappa shape index (κ3) is 3.27. The van der Waals surface area contributed by atoms with Crippen LogP contribution in [0.3, 0.4) is 0 Å². The van der Waals surface area contributed by atoms with E-state index in [9.17, 15) is 4.79 Å². The van der Waals surface area contributed by atoms with Crippen molar-refractivity contribution in [3.8, 4) is 0 Å². The molecule has 3 aliphatic rings. The number of fused-ring (bicyclic) bond motifs is 2. The summed E-state index contributed by atoms with van der Waals surface area (Å²) in [7, 11) is 0. The van der Waals surface area contributed by atoms with Crippen LogP contribution in [0, 0.1) is 5.92 Å². The third-order valence-corrected chi connectivity index (χ3v) is 4.33. The van der Waals surface area contributed by atoms with E-state index >= 15 is 0 Å². The average Bonchev–Trinajstić information content (AvgIpc) is 3.15. The van der Waals surface area contributed by atoms with Crippen LogP contribution in [0.25, 0.3) is 0 Å². The predicted molar refractivity (Wildman–Crippen MR) is 68.8 cm³/mol. The minimum Gasteiger partial charge on any atom is -0.464 e. The fourth-order valence-corrected chi connectivity index (χ4v) is 3.29. The van der Waals surface area contributed by atoms with E-state index in [1.165, 1.54) is 0 Å². The van der Waals surface area contributed by atoms with Gasteiger partial charge in [0.1, 0.15) is 6.61 Å². The molecule has 5 nitrogen and oxygen atoms in total. The fourth-order valence-electron chi connectivity index (χ4n) is 3.29. The van der Waals surface area contributed by atoms with Crippen molar-refractivity contribution in [3.63, 3.8) is 0 Å². The monoisotopic (exact) mass is 269 g/mol. The molecule has 0 radical (unpaired) electrons. The van der Waals surface area contributed by atoms with Crippen molar-refractivity contribution in [2.45, 2.75) is 50.4 Å². The zero-order valence-electron chi connectivity index (χ0n) is 11.3. The molecule has 0 spiro atoms. The fraction of sp³-hybridized carbons (Fsp3) is 0.929. The van der Waals surface area contributed by atoms with E-state index in [4.69, 9.17) is 14.2 Å². The second-order valence-electron chi connectivity index (χ2n) is 5.72. The Morgan fingerprint density at radius 2 is 2.26 bits per heavy atom. The van der Waals surface area contributed by atoms with Gasteiger partial charge in [-0.25, -0.2) is 0 Å². The molecule has 3 heterocycles. The summed E-state index contributed by atoms with van der Waals surface area (Å²) < 4.78 is 16.5. The van der Waals surface area contributed by atoms with E-state index in [0.29, 0.717) is 25.4 Å². The minimum atomic E-state index is -0.0777. The Morgan fingerprint density at radius 1 is 1.32 bits per heavy atom. The van der Waals surface area contributed by atoms with Gasteiger partial charge in [-0.05, 0) is 32.1 Å². The first kappa shape index (κ1) is 13.3. The molecule has 19 heavy (non-hydrogen) atoms. The Hall–Kier alpha value is -0.650. The highest BCUT2D eigenvalue weighted by atomic mass is 16.5. The van der Waals surface area contributed by atoms with Crippen LogP contribution in [0.5, 0.6) is 0 Å². The molecule has 2 bridgehead atoms. The molecule has 1 N–H and O–H groups in total. The second kappa shape index (κ2) is 6.20. The maximum atomic E-state index is 11.9. The molecule has 0 amide bonds. The molecule has 3 aliphatic heterocycles. The summed E-state index contributed by atoms with van der Waals surface area (Å²) in [5.74, 6) is -0.0944. The van der Waals surface area contributed by atoms with Crippen LogP contribution in [0.4, 0.5) is 0 Å². The Kier molecular flexibility index (Phi) is 4.35. The Labute approximate surface area is 114 Å². The lowest BCUT2D eigenvalue weighted by atomic mass is 9.89. The molecule has 3 saturated heterocycles. The van der Waals surface area contributed by atoms with Crippen molar-refractivity contribution < 1.29 is 19.0 Å². The molecule has 5 heteroatoms. The Balaban J connectivity index is 1.26. The van der Waals surface area contributed by atoms with Gasteiger partial charge in [0.2, 0.25) is 0 Å². The third-order valence-electron chi connectivity index (χ3n) is 4.33. The Morgan fingerprint density at radius 3 is 2.95 bits per heavy atom. The van der Waals surface area contributed by atoms with E-state index in [2.05, 4.69) is 5.32 Å². The first-order chi connectivity index (χ1) is 9.33. The number of hydrogen-bond donors (Lipinski definition) is 1. The summed E-state index contributed by atoms with van der Waals surface area (Å²) in [6.45, 7) is 2.88. The van der Waals surface area contributed by atoms with Crippen LogP contribution in [0.15, 0.2) is 0 Å². The van der Waals surface area contributed by atoms with E-state index in [0.717, 1.165) is 45.3 Å². The summed E-state index contributed by atoms with van der Waals surface area (Å²) in [4.78, 5) is 11.9. The van der Waals surface area contributed by atoms with Crippen LogP contribution in [0.2, 0.25) is 0 Å². The maximum absolute atomic E-state index is 11.9. The van der Waals surface area contributed by atoms with Crippen LogP contribution in [-0.4, -0.2) is 50.6 Å². The summed E-state index contributed by atoms with van der Waals surface area (Å²) in [6, 6.07) is 0. The molecule has 3 rings (SSSR count). The lowest BCUT2D eigenvalue weighted by molar-refractivity contribution is -0.150. The highest BCUT2D eigenvalue weighted by molar-refractivity contribution is 5.73. The smallest absolute Gasteiger partial charge is 0.311 e. The van der Waals surface area contributed by atoms with Crippen LogP contribution in [-0.2, 0) is 19.0 Å². The van der Waals surface area contributed by atoms with Crippen LogP contribution in [0.1, 0.15) is 32.1 Å². The van der Waals surface area contributed by atoms with E-state index < -0.39 is 0 Å². The molecule has 108 valence electrons. The molecule has 4 unspecified atom stereocenters. The van der Waals surface area contributed by atoms with Gasteiger partial charge < -0.3 is 19.5 Å². The van der Waals surface area contributed by atoms with Crippen molar-refractivity contribution in [2.24, 2.45) is 5.92 Å². The maximum Gasteiger partial charge on any atom is 0.311 e. The molecule has 4 atom stereocenters. The number of esters is 1. The molecular weight excluding hydrogens is 246 g/mol. The van der Waals surface area contributed by atoms with Gasteiger partial charge in [0.15, 0.2) is 0 Å². The molecule has 0 aliphatic carbocycles. The van der Waals surface area contributed by atoms with Crippen LogP contribution >= 0.6 is 0 Å². The molecule has 0 aromatic heterocycles. The molecular formula is C14H23NO4. The normalized spacial score (nSPS) is 36.8. The van der Waals surface area contributed by atoms with E-state index in [1.807, 2.05) is 0 Å². The molecule has 0 saturated carbocycles. The first-order valence-corrected chi connectivity index (χ1v) is 7.47. The molecule has 0 aromatic rings. The predicted octanol–water partition coefficient (Wildman–Crippen LogP) is 0.866. The van der Waals surface area contributed by atoms with Gasteiger partial charge in [0, 0.05) is 19.7 Å². The lowest BCUT2D eigenvalue weighted by Crippen LogP contribution is -2.32. The highest BCUT2D eigenvalue weighted by Crippen LogP contribution is 2.39. The van der Waals surface area contributed by atoms with Crippen molar-refractivity contribution >= 4 is 5.97 Å². The number of ether oxygens (including phenoxy) is 3. The SMILES string of the molecule is O=C(OCCNCC1CCCO1)C1CC2CCC1O2. The second-order valence-corrected chi connectivity index (χ2v) is 5.72. The van der Waals surface area contributed by atoms with Crippen molar-refractivity contribution in [3.05, 3.63) is 0 Å². The van der Waals surface area contributed by atoms with Gasteiger partial charge >= 0.3 is 5.97 Å². The summed E-state index contributed by atoms with van der Waals surface area (Å²) in [6.07, 6.45) is 6.04. The quantitative estimate of drug-likeness (QED) is 0.572. The first-order valence-electron chi connectivity index (χ1n) is 7.47. The van der Waals surface area contributed by atoms with Gasteiger partial charge in [-0.15, -0.1) is 0 Å². The largest absolute Gasteiger partial charge is 0.464 e. The van der Waals surface area contributed by atoms with E-state index in [1.54, 1.807) is 0 Å². The Bertz CT molecular complexity index is 317. The average molecular weight is 269 g/mol.